The van der Waals surface area contributed by atoms with Gasteiger partial charge >= 0.3 is 0 Å². The molecule has 4 fully saturated rings. The van der Waals surface area contributed by atoms with E-state index in [-0.39, 0.29) is 17.5 Å². The number of ketones is 1. The molecule has 0 heterocycles. The Bertz CT molecular complexity index is 535. The maximum absolute atomic E-state index is 13.4. The van der Waals surface area contributed by atoms with Gasteiger partial charge in [0, 0.05) is 11.5 Å². The molecule has 106 valence electrons. The molecule has 0 aromatic heterocycles. The number of hydrogen-bond acceptors (Lipinski definition) is 1. The van der Waals surface area contributed by atoms with Gasteiger partial charge in [0.25, 0.3) is 0 Å². The Morgan fingerprint density at radius 3 is 2.20 bits per heavy atom. The van der Waals surface area contributed by atoms with Crippen LogP contribution in [0.25, 0.3) is 0 Å². The van der Waals surface area contributed by atoms with Crippen LogP contribution in [0.15, 0.2) is 18.2 Å². The summed E-state index contributed by atoms with van der Waals surface area (Å²) in [5.41, 5.74) is 1.31. The number of halogens is 1. The first-order valence-electron chi connectivity index (χ1n) is 7.92. The van der Waals surface area contributed by atoms with Crippen LogP contribution in [-0.2, 0) is 0 Å². The first-order chi connectivity index (χ1) is 9.61. The number of carbonyl (C=O) groups is 1. The summed E-state index contributed by atoms with van der Waals surface area (Å²) in [5.74, 6) is 3.25. The first-order valence-corrected chi connectivity index (χ1v) is 7.92. The van der Waals surface area contributed by atoms with Crippen LogP contribution < -0.4 is 0 Å². The minimum Gasteiger partial charge on any atom is -0.294 e. The second kappa shape index (κ2) is 4.41. The monoisotopic (exact) mass is 272 g/mol. The quantitative estimate of drug-likeness (QED) is 0.730. The number of carbonyl (C=O) groups excluding carboxylic acids is 1. The summed E-state index contributed by atoms with van der Waals surface area (Å²) in [5, 5.41) is 0. The Balaban J connectivity index is 1.63. The van der Waals surface area contributed by atoms with Gasteiger partial charge in [-0.25, -0.2) is 4.39 Å². The van der Waals surface area contributed by atoms with Crippen molar-refractivity contribution in [1.29, 1.82) is 0 Å². The molecular weight excluding hydrogens is 251 g/mol. The van der Waals surface area contributed by atoms with E-state index in [1.165, 1.54) is 38.2 Å². The van der Waals surface area contributed by atoms with Crippen LogP contribution in [-0.4, -0.2) is 5.78 Å². The lowest BCUT2D eigenvalue weighted by atomic mass is 9.51. The van der Waals surface area contributed by atoms with E-state index in [2.05, 4.69) is 0 Å². The number of hydrogen-bond donors (Lipinski definition) is 0. The molecule has 4 saturated carbocycles. The van der Waals surface area contributed by atoms with Crippen LogP contribution in [0, 0.1) is 42.3 Å². The largest absolute Gasteiger partial charge is 0.294 e. The second-order valence-corrected chi connectivity index (χ2v) is 7.28. The summed E-state index contributed by atoms with van der Waals surface area (Å²) < 4.78 is 13.4. The van der Waals surface area contributed by atoms with Gasteiger partial charge in [-0.05, 0) is 86.5 Å². The minimum atomic E-state index is -0.216. The van der Waals surface area contributed by atoms with Crippen molar-refractivity contribution in [3.8, 4) is 0 Å². The number of aryl methyl sites for hydroxylation is 1. The van der Waals surface area contributed by atoms with Crippen molar-refractivity contribution in [2.24, 2.45) is 29.6 Å². The average Bonchev–Trinajstić information content (AvgIpc) is 2.40. The molecule has 0 atom stereocenters. The van der Waals surface area contributed by atoms with E-state index in [9.17, 15) is 9.18 Å². The van der Waals surface area contributed by atoms with E-state index in [0.29, 0.717) is 17.4 Å². The number of rotatable bonds is 2. The van der Waals surface area contributed by atoms with E-state index in [4.69, 9.17) is 0 Å². The minimum absolute atomic E-state index is 0.215. The zero-order chi connectivity index (χ0) is 13.9. The zero-order valence-electron chi connectivity index (χ0n) is 11.9. The van der Waals surface area contributed by atoms with Crippen LogP contribution >= 0.6 is 0 Å². The zero-order valence-corrected chi connectivity index (χ0v) is 11.9. The number of Topliss-reactive ketones (excluding diaryl/α,β-unsaturated/α-hetero) is 1. The van der Waals surface area contributed by atoms with Gasteiger partial charge in [-0.1, -0.05) is 0 Å². The van der Waals surface area contributed by atoms with E-state index >= 15 is 0 Å². The summed E-state index contributed by atoms with van der Waals surface area (Å²) in [6.45, 7) is 1.74. The average molecular weight is 272 g/mol. The van der Waals surface area contributed by atoms with Crippen molar-refractivity contribution < 1.29 is 9.18 Å². The highest BCUT2D eigenvalue weighted by molar-refractivity contribution is 5.98. The third-order valence-corrected chi connectivity index (χ3v) is 5.97. The van der Waals surface area contributed by atoms with E-state index in [1.807, 2.05) is 0 Å². The Morgan fingerprint density at radius 1 is 1.05 bits per heavy atom. The topological polar surface area (TPSA) is 17.1 Å². The molecule has 1 aromatic carbocycles. The van der Waals surface area contributed by atoms with Gasteiger partial charge < -0.3 is 0 Å². The fourth-order valence-electron chi connectivity index (χ4n) is 5.34. The molecule has 1 nitrogen and oxygen atoms in total. The third-order valence-electron chi connectivity index (χ3n) is 5.97. The van der Waals surface area contributed by atoms with Gasteiger partial charge in [0.1, 0.15) is 5.82 Å². The second-order valence-electron chi connectivity index (χ2n) is 7.28. The van der Waals surface area contributed by atoms with Gasteiger partial charge in [0.2, 0.25) is 0 Å². The molecule has 0 spiro atoms. The summed E-state index contributed by atoms with van der Waals surface area (Å²) in [6.07, 6.45) is 6.42. The highest BCUT2D eigenvalue weighted by Gasteiger charge is 2.50. The van der Waals surface area contributed by atoms with Gasteiger partial charge in [0.15, 0.2) is 5.78 Å². The van der Waals surface area contributed by atoms with Crippen LogP contribution in [0.4, 0.5) is 4.39 Å². The SMILES string of the molecule is Cc1cc(C(=O)C2C3CC4CC(C3)CC2C4)ccc1F. The lowest BCUT2D eigenvalue weighted by molar-refractivity contribution is -0.0251. The fourth-order valence-corrected chi connectivity index (χ4v) is 5.34. The van der Waals surface area contributed by atoms with Crippen molar-refractivity contribution in [1.82, 2.24) is 0 Å². The Labute approximate surface area is 119 Å². The Kier molecular flexibility index (Phi) is 2.77. The summed E-state index contributed by atoms with van der Waals surface area (Å²) in [6, 6.07) is 4.86. The smallest absolute Gasteiger partial charge is 0.166 e. The van der Waals surface area contributed by atoms with Crippen molar-refractivity contribution in [2.75, 3.05) is 0 Å². The fraction of sp³-hybridized carbons (Fsp3) is 0.611. The molecular formula is C18H21FO. The molecule has 4 bridgehead atoms. The van der Waals surface area contributed by atoms with E-state index < -0.39 is 0 Å². The molecule has 0 unspecified atom stereocenters. The Hall–Kier alpha value is -1.18. The predicted octanol–water partition coefficient (Wildman–Crippen LogP) is 4.39. The first kappa shape index (κ1) is 12.6. The molecule has 0 radical (unpaired) electrons. The lowest BCUT2D eigenvalue weighted by Crippen LogP contribution is -2.48. The Morgan fingerprint density at radius 2 is 1.65 bits per heavy atom. The maximum atomic E-state index is 13.4. The molecule has 5 rings (SSSR count). The predicted molar refractivity (Wildman–Crippen MR) is 76.0 cm³/mol. The lowest BCUT2D eigenvalue weighted by Gasteiger charge is -2.53. The highest BCUT2D eigenvalue weighted by Crippen LogP contribution is 2.57. The molecule has 0 aliphatic heterocycles. The molecule has 2 heteroatoms. The van der Waals surface area contributed by atoms with Crippen molar-refractivity contribution in [2.45, 2.75) is 39.0 Å². The summed E-state index contributed by atoms with van der Waals surface area (Å²) >= 11 is 0. The van der Waals surface area contributed by atoms with Gasteiger partial charge in [0.05, 0.1) is 0 Å². The normalized spacial score (nSPS) is 38.2. The molecule has 0 N–H and O–H groups in total. The van der Waals surface area contributed by atoms with Crippen molar-refractivity contribution >= 4 is 5.78 Å². The molecule has 0 saturated heterocycles. The molecule has 4 aliphatic carbocycles. The van der Waals surface area contributed by atoms with E-state index in [1.54, 1.807) is 19.1 Å². The third kappa shape index (κ3) is 1.84. The maximum Gasteiger partial charge on any atom is 0.166 e. The van der Waals surface area contributed by atoms with Crippen LogP contribution in [0.1, 0.15) is 48.0 Å². The summed E-state index contributed by atoms with van der Waals surface area (Å²) in [7, 11) is 0. The van der Waals surface area contributed by atoms with E-state index in [0.717, 1.165) is 17.4 Å². The molecule has 4 aliphatic rings. The van der Waals surface area contributed by atoms with Crippen LogP contribution in [0.3, 0.4) is 0 Å². The van der Waals surface area contributed by atoms with Gasteiger partial charge in [-0.3, -0.25) is 4.79 Å². The van der Waals surface area contributed by atoms with Crippen LogP contribution in [0.2, 0.25) is 0 Å². The molecule has 1 aromatic rings. The van der Waals surface area contributed by atoms with Crippen molar-refractivity contribution in [3.05, 3.63) is 35.1 Å². The number of benzene rings is 1. The van der Waals surface area contributed by atoms with Crippen LogP contribution in [0.5, 0.6) is 0 Å². The molecule has 20 heavy (non-hydrogen) atoms. The molecule has 0 amide bonds. The standard InChI is InChI=1S/C18H21FO/c1-10-4-13(2-3-16(10)19)18(20)17-14-6-11-5-12(8-14)9-15(17)7-11/h2-4,11-12,14-15,17H,5-9H2,1H3. The van der Waals surface area contributed by atoms with Crippen molar-refractivity contribution in [3.63, 3.8) is 0 Å². The van der Waals surface area contributed by atoms with Gasteiger partial charge in [-0.2, -0.15) is 0 Å². The highest BCUT2D eigenvalue weighted by atomic mass is 19.1. The summed E-state index contributed by atoms with van der Waals surface area (Å²) in [4.78, 5) is 12.9. The van der Waals surface area contributed by atoms with Gasteiger partial charge in [-0.15, -0.1) is 0 Å².